The highest BCUT2D eigenvalue weighted by atomic mass is 127. The predicted molar refractivity (Wildman–Crippen MR) is 121 cm³/mol. The SMILES string of the molecule is CCC(CC)(CN=C(N)Nc1ccccc1OC)NC(=O)OC(C)(C)C.I. The number of nitrogens with zero attached hydrogens (tertiary/aromatic N) is 1. The largest absolute Gasteiger partial charge is 0.495 e. The molecule has 0 fully saturated rings. The number of anilines is 1. The van der Waals surface area contributed by atoms with Crippen molar-refractivity contribution in [3.63, 3.8) is 0 Å². The molecule has 7 nitrogen and oxygen atoms in total. The third kappa shape index (κ3) is 8.68. The fourth-order valence-corrected chi connectivity index (χ4v) is 2.37. The van der Waals surface area contributed by atoms with Gasteiger partial charge in [0.1, 0.15) is 11.4 Å². The molecule has 0 aromatic heterocycles. The molecule has 0 unspecified atom stereocenters. The van der Waals surface area contributed by atoms with E-state index in [1.807, 2.05) is 58.9 Å². The van der Waals surface area contributed by atoms with Gasteiger partial charge in [-0.1, -0.05) is 26.0 Å². The maximum Gasteiger partial charge on any atom is 0.408 e. The molecular weight excluding hydrogens is 459 g/mol. The number of nitrogens with one attached hydrogen (secondary N) is 2. The molecule has 1 aromatic rings. The molecule has 154 valence electrons. The second-order valence-corrected chi connectivity index (χ2v) is 7.14. The molecule has 0 saturated carbocycles. The highest BCUT2D eigenvalue weighted by Crippen LogP contribution is 2.23. The Morgan fingerprint density at radius 3 is 2.30 bits per heavy atom. The first-order valence-corrected chi connectivity index (χ1v) is 8.86. The number of benzene rings is 1. The molecule has 4 N–H and O–H groups in total. The highest BCUT2D eigenvalue weighted by molar-refractivity contribution is 14.0. The van der Waals surface area contributed by atoms with E-state index in [0.29, 0.717) is 25.1 Å². The molecule has 8 heteroatoms. The highest BCUT2D eigenvalue weighted by Gasteiger charge is 2.30. The summed E-state index contributed by atoms with van der Waals surface area (Å²) in [4.78, 5) is 16.6. The van der Waals surface area contributed by atoms with Gasteiger partial charge in [-0.25, -0.2) is 4.79 Å². The average Bonchev–Trinajstić information content (AvgIpc) is 2.57. The van der Waals surface area contributed by atoms with Gasteiger partial charge in [-0.3, -0.25) is 4.99 Å². The zero-order valence-electron chi connectivity index (χ0n) is 17.1. The number of hydrogen-bond acceptors (Lipinski definition) is 4. The minimum absolute atomic E-state index is 0. The lowest BCUT2D eigenvalue weighted by molar-refractivity contribution is 0.0452. The van der Waals surface area contributed by atoms with Gasteiger partial charge in [0.25, 0.3) is 0 Å². The molecule has 0 heterocycles. The van der Waals surface area contributed by atoms with Crippen molar-refractivity contribution in [2.75, 3.05) is 19.0 Å². The van der Waals surface area contributed by atoms with Crippen molar-refractivity contribution in [3.05, 3.63) is 24.3 Å². The number of alkyl carbamates (subject to hydrolysis) is 1. The van der Waals surface area contributed by atoms with E-state index in [2.05, 4.69) is 15.6 Å². The molecule has 0 aliphatic rings. The number of methoxy groups -OCH3 is 1. The molecule has 0 radical (unpaired) electrons. The van der Waals surface area contributed by atoms with Crippen molar-refractivity contribution in [2.24, 2.45) is 10.7 Å². The summed E-state index contributed by atoms with van der Waals surface area (Å²) in [6.45, 7) is 9.84. The zero-order valence-corrected chi connectivity index (χ0v) is 19.4. The summed E-state index contributed by atoms with van der Waals surface area (Å²) in [6, 6.07) is 7.45. The van der Waals surface area contributed by atoms with Crippen LogP contribution in [0.5, 0.6) is 5.75 Å². The van der Waals surface area contributed by atoms with Crippen LogP contribution in [-0.4, -0.2) is 36.8 Å². The van der Waals surface area contributed by atoms with Gasteiger partial charge in [0.05, 0.1) is 24.9 Å². The maximum atomic E-state index is 12.2. The third-order valence-electron chi connectivity index (χ3n) is 4.04. The Labute approximate surface area is 179 Å². The first kappa shape index (κ1) is 25.3. The second-order valence-electron chi connectivity index (χ2n) is 7.14. The number of aliphatic imine (C=N–C) groups is 1. The van der Waals surface area contributed by atoms with Gasteiger partial charge in [0.15, 0.2) is 5.96 Å². The van der Waals surface area contributed by atoms with Gasteiger partial charge in [0, 0.05) is 0 Å². The zero-order chi connectivity index (χ0) is 19.8. The van der Waals surface area contributed by atoms with Crippen LogP contribution < -0.4 is 21.1 Å². The van der Waals surface area contributed by atoms with E-state index in [4.69, 9.17) is 15.2 Å². The fourth-order valence-electron chi connectivity index (χ4n) is 2.37. The predicted octanol–water partition coefficient (Wildman–Crippen LogP) is 4.12. The van der Waals surface area contributed by atoms with Crippen molar-refractivity contribution < 1.29 is 14.3 Å². The third-order valence-corrected chi connectivity index (χ3v) is 4.04. The molecule has 0 aliphatic carbocycles. The smallest absolute Gasteiger partial charge is 0.408 e. The summed E-state index contributed by atoms with van der Waals surface area (Å²) in [7, 11) is 1.60. The van der Waals surface area contributed by atoms with Crippen molar-refractivity contribution >= 4 is 41.7 Å². The summed E-state index contributed by atoms with van der Waals surface area (Å²) < 4.78 is 10.7. The van der Waals surface area contributed by atoms with Crippen molar-refractivity contribution in [3.8, 4) is 5.75 Å². The number of carbonyl (C=O) groups excluding carboxylic acids is 1. The van der Waals surface area contributed by atoms with E-state index >= 15 is 0 Å². The molecule has 1 rings (SSSR count). The Balaban J connectivity index is 0.00000676. The van der Waals surface area contributed by atoms with Gasteiger partial charge in [0.2, 0.25) is 0 Å². The van der Waals surface area contributed by atoms with Crippen LogP contribution in [0.15, 0.2) is 29.3 Å². The molecule has 0 aliphatic heterocycles. The molecule has 1 amide bonds. The number of para-hydroxylation sites is 2. The van der Waals surface area contributed by atoms with Crippen LogP contribution in [0.3, 0.4) is 0 Å². The van der Waals surface area contributed by atoms with E-state index < -0.39 is 17.2 Å². The number of halogens is 1. The van der Waals surface area contributed by atoms with Crippen LogP contribution >= 0.6 is 24.0 Å². The van der Waals surface area contributed by atoms with E-state index in [-0.39, 0.29) is 29.9 Å². The molecule has 0 bridgehead atoms. The second kappa shape index (κ2) is 11.2. The maximum absolute atomic E-state index is 12.2. The lowest BCUT2D eigenvalue weighted by Crippen LogP contribution is -2.52. The lowest BCUT2D eigenvalue weighted by Gasteiger charge is -2.32. The average molecular weight is 492 g/mol. The number of guanidine groups is 1. The van der Waals surface area contributed by atoms with E-state index in [9.17, 15) is 4.79 Å². The summed E-state index contributed by atoms with van der Waals surface area (Å²) in [5, 5.41) is 5.98. The molecule has 0 atom stereocenters. The Hall–Kier alpha value is -1.71. The number of nitrogens with two attached hydrogens (primary N) is 1. The van der Waals surface area contributed by atoms with Crippen LogP contribution in [0.1, 0.15) is 47.5 Å². The molecule has 27 heavy (non-hydrogen) atoms. The summed E-state index contributed by atoms with van der Waals surface area (Å²) in [6.07, 6.45) is 0.954. The summed E-state index contributed by atoms with van der Waals surface area (Å²) >= 11 is 0. The normalized spacial score (nSPS) is 12.0. The van der Waals surface area contributed by atoms with Crippen molar-refractivity contribution in [1.29, 1.82) is 0 Å². The minimum Gasteiger partial charge on any atom is -0.495 e. The summed E-state index contributed by atoms with van der Waals surface area (Å²) in [5.74, 6) is 0.932. The molecular formula is C19H33IN4O3. The topological polar surface area (TPSA) is 98.0 Å². The Morgan fingerprint density at radius 2 is 1.78 bits per heavy atom. The lowest BCUT2D eigenvalue weighted by atomic mass is 9.93. The molecule has 0 spiro atoms. The van der Waals surface area contributed by atoms with Gasteiger partial charge in [-0.05, 0) is 45.7 Å². The first-order chi connectivity index (χ1) is 12.1. The Morgan fingerprint density at radius 1 is 1.19 bits per heavy atom. The number of amides is 1. The van der Waals surface area contributed by atoms with Crippen LogP contribution in [0.4, 0.5) is 10.5 Å². The van der Waals surface area contributed by atoms with Crippen molar-refractivity contribution in [1.82, 2.24) is 5.32 Å². The number of carbonyl (C=O) groups is 1. The Bertz CT molecular complexity index is 626. The van der Waals surface area contributed by atoms with Crippen molar-refractivity contribution in [2.45, 2.75) is 58.6 Å². The van der Waals surface area contributed by atoms with Gasteiger partial charge >= 0.3 is 6.09 Å². The standard InChI is InChI=1S/C19H32N4O3.HI/c1-7-19(8-2,23-17(24)26-18(3,4)5)13-21-16(20)22-14-11-9-10-12-15(14)25-6;/h9-12H,7-8,13H2,1-6H3,(H,23,24)(H3,20,21,22);1H. The minimum atomic E-state index is -0.551. The van der Waals surface area contributed by atoms with Gasteiger partial charge < -0.3 is 25.8 Å². The van der Waals surface area contributed by atoms with Gasteiger partial charge in [-0.15, -0.1) is 24.0 Å². The Kier molecular flexibility index (Phi) is 10.5. The van der Waals surface area contributed by atoms with E-state index in [0.717, 1.165) is 5.69 Å². The number of rotatable bonds is 7. The van der Waals surface area contributed by atoms with E-state index in [1.165, 1.54) is 0 Å². The number of hydrogen-bond donors (Lipinski definition) is 3. The first-order valence-electron chi connectivity index (χ1n) is 8.86. The summed E-state index contributed by atoms with van der Waals surface area (Å²) in [5.41, 5.74) is 5.68. The van der Waals surface area contributed by atoms with Gasteiger partial charge in [-0.2, -0.15) is 0 Å². The van der Waals surface area contributed by atoms with E-state index in [1.54, 1.807) is 7.11 Å². The fraction of sp³-hybridized carbons (Fsp3) is 0.579. The van der Waals surface area contributed by atoms with Crippen LogP contribution in [0, 0.1) is 0 Å². The quantitative estimate of drug-likeness (QED) is 0.302. The number of ether oxygens (including phenoxy) is 2. The van der Waals surface area contributed by atoms with Crippen LogP contribution in [-0.2, 0) is 4.74 Å². The van der Waals surface area contributed by atoms with Crippen LogP contribution in [0.25, 0.3) is 0 Å². The molecule has 1 aromatic carbocycles. The molecule has 0 saturated heterocycles. The monoisotopic (exact) mass is 492 g/mol. The van der Waals surface area contributed by atoms with Crippen LogP contribution in [0.2, 0.25) is 0 Å².